The van der Waals surface area contributed by atoms with E-state index in [-0.39, 0.29) is 5.48 Å². The Balaban J connectivity index is 0.00000576. The van der Waals surface area contributed by atoms with E-state index in [0.717, 1.165) is 0 Å². The van der Waals surface area contributed by atoms with Crippen LogP contribution in [0.2, 0.25) is 0 Å². The van der Waals surface area contributed by atoms with Gasteiger partial charge >= 0.3 is 0 Å². The van der Waals surface area contributed by atoms with Gasteiger partial charge in [-0.05, 0) is 57.3 Å². The highest BCUT2D eigenvalue weighted by atomic mass is 16.0. The van der Waals surface area contributed by atoms with Crippen molar-refractivity contribution in [1.82, 2.24) is 4.90 Å². The first-order valence-corrected chi connectivity index (χ1v) is 10.6. The second-order valence-electron chi connectivity index (χ2n) is 7.26. The topological polar surface area (TPSA) is 34.7 Å². The fourth-order valence-electron chi connectivity index (χ4n) is 3.51. The lowest BCUT2D eigenvalue weighted by Crippen LogP contribution is -2.26. The van der Waals surface area contributed by atoms with Crippen LogP contribution >= 0.6 is 0 Å². The highest BCUT2D eigenvalue weighted by Gasteiger charge is 2.01. The van der Waals surface area contributed by atoms with Gasteiger partial charge in [0.25, 0.3) is 0 Å². The highest BCUT2D eigenvalue weighted by Crippen LogP contribution is 2.12. The van der Waals surface area contributed by atoms with Crippen LogP contribution in [0.4, 0.5) is 0 Å². The standard InChI is InChI=1S/C23H41N.H2O/c1-3-20-24(21-4-2)22-16-11-9-7-5-6-8-10-13-17-23-18-14-12-15-19-23;/h12,14-15,18-19H,3-11,13,16-17,20-22H2,1-2H3;1H2. The van der Waals surface area contributed by atoms with Crippen LogP contribution in [0, 0.1) is 0 Å². The third-order valence-electron chi connectivity index (χ3n) is 4.86. The lowest BCUT2D eigenvalue weighted by Gasteiger charge is -2.20. The van der Waals surface area contributed by atoms with Crippen molar-refractivity contribution in [2.45, 2.75) is 90.9 Å². The Morgan fingerprint density at radius 2 is 1.08 bits per heavy atom. The van der Waals surface area contributed by atoms with Gasteiger partial charge in [-0.3, -0.25) is 0 Å². The van der Waals surface area contributed by atoms with E-state index in [1.807, 2.05) is 0 Å². The van der Waals surface area contributed by atoms with Crippen LogP contribution in [0.5, 0.6) is 0 Å². The number of rotatable bonds is 16. The monoisotopic (exact) mass is 349 g/mol. The maximum atomic E-state index is 2.65. The molecule has 0 atom stereocenters. The molecule has 0 heterocycles. The van der Waals surface area contributed by atoms with Gasteiger partial charge in [0.2, 0.25) is 0 Å². The van der Waals surface area contributed by atoms with Gasteiger partial charge in [-0.1, -0.05) is 89.1 Å². The average molecular weight is 350 g/mol. The first kappa shape index (κ1) is 24.1. The number of unbranched alkanes of at least 4 members (excludes halogenated alkanes) is 8. The molecule has 25 heavy (non-hydrogen) atoms. The molecule has 0 radical (unpaired) electrons. The number of aryl methyl sites for hydroxylation is 1. The summed E-state index contributed by atoms with van der Waals surface area (Å²) in [4.78, 5) is 2.65. The number of hydrogen-bond donors (Lipinski definition) is 0. The maximum absolute atomic E-state index is 2.65. The van der Waals surface area contributed by atoms with Crippen molar-refractivity contribution in [1.29, 1.82) is 0 Å². The van der Waals surface area contributed by atoms with Crippen LogP contribution in [0.15, 0.2) is 30.3 Å². The lowest BCUT2D eigenvalue weighted by atomic mass is 10.0. The summed E-state index contributed by atoms with van der Waals surface area (Å²) in [6.45, 7) is 8.49. The van der Waals surface area contributed by atoms with E-state index in [1.54, 1.807) is 0 Å². The zero-order valence-electron chi connectivity index (χ0n) is 16.9. The number of nitrogens with zero attached hydrogens (tertiary/aromatic N) is 1. The summed E-state index contributed by atoms with van der Waals surface area (Å²) in [6, 6.07) is 10.9. The van der Waals surface area contributed by atoms with Crippen molar-refractivity contribution < 1.29 is 5.48 Å². The third kappa shape index (κ3) is 14.0. The van der Waals surface area contributed by atoms with Crippen LogP contribution in [-0.2, 0) is 6.42 Å². The van der Waals surface area contributed by atoms with Crippen molar-refractivity contribution in [3.05, 3.63) is 35.9 Å². The molecule has 0 fully saturated rings. The van der Waals surface area contributed by atoms with Gasteiger partial charge in [0.15, 0.2) is 0 Å². The summed E-state index contributed by atoms with van der Waals surface area (Å²) in [6.07, 6.45) is 16.6. The fourth-order valence-corrected chi connectivity index (χ4v) is 3.51. The molecule has 2 heteroatoms. The first-order valence-electron chi connectivity index (χ1n) is 10.6. The molecule has 0 aliphatic heterocycles. The van der Waals surface area contributed by atoms with E-state index in [9.17, 15) is 0 Å². The van der Waals surface area contributed by atoms with Gasteiger partial charge in [-0.25, -0.2) is 0 Å². The van der Waals surface area contributed by atoms with E-state index in [1.165, 1.54) is 102 Å². The summed E-state index contributed by atoms with van der Waals surface area (Å²) in [5.74, 6) is 0. The molecule has 0 aliphatic rings. The quantitative estimate of drug-likeness (QED) is 0.335. The summed E-state index contributed by atoms with van der Waals surface area (Å²) in [5, 5.41) is 0. The molecule has 1 rings (SSSR count). The molecular weight excluding hydrogens is 306 g/mol. The van der Waals surface area contributed by atoms with Gasteiger partial charge in [0, 0.05) is 0 Å². The summed E-state index contributed by atoms with van der Waals surface area (Å²) in [7, 11) is 0. The van der Waals surface area contributed by atoms with Crippen molar-refractivity contribution in [3.8, 4) is 0 Å². The van der Waals surface area contributed by atoms with Crippen molar-refractivity contribution in [2.75, 3.05) is 19.6 Å². The van der Waals surface area contributed by atoms with Gasteiger partial charge in [-0.2, -0.15) is 0 Å². The Bertz CT molecular complexity index is 360. The largest absolute Gasteiger partial charge is 0.412 e. The van der Waals surface area contributed by atoms with E-state index >= 15 is 0 Å². The van der Waals surface area contributed by atoms with Crippen molar-refractivity contribution in [3.63, 3.8) is 0 Å². The molecule has 2 nitrogen and oxygen atoms in total. The summed E-state index contributed by atoms with van der Waals surface area (Å²) in [5.41, 5.74) is 1.50. The molecule has 0 aromatic heterocycles. The Morgan fingerprint density at radius 3 is 1.60 bits per heavy atom. The molecule has 0 unspecified atom stereocenters. The van der Waals surface area contributed by atoms with Crippen molar-refractivity contribution >= 4 is 0 Å². The number of benzene rings is 1. The minimum atomic E-state index is 0. The zero-order valence-corrected chi connectivity index (χ0v) is 16.9. The van der Waals surface area contributed by atoms with E-state index in [2.05, 4.69) is 49.1 Å². The van der Waals surface area contributed by atoms with Gasteiger partial charge < -0.3 is 10.4 Å². The Hall–Kier alpha value is -0.860. The summed E-state index contributed by atoms with van der Waals surface area (Å²) >= 11 is 0. The minimum absolute atomic E-state index is 0. The fraction of sp³-hybridized carbons (Fsp3) is 0.739. The van der Waals surface area contributed by atoms with Crippen LogP contribution in [0.25, 0.3) is 0 Å². The predicted octanol–water partition coefficient (Wildman–Crippen LogP) is 6.04. The maximum Gasteiger partial charge on any atom is -0.00187 e. The molecule has 1 aromatic carbocycles. The normalized spacial score (nSPS) is 10.8. The SMILES string of the molecule is CCCN(CCC)CCCCCCCCCCCc1ccccc1.O. The van der Waals surface area contributed by atoms with Crippen LogP contribution < -0.4 is 0 Å². The van der Waals surface area contributed by atoms with Crippen molar-refractivity contribution in [2.24, 2.45) is 0 Å². The Morgan fingerprint density at radius 1 is 0.600 bits per heavy atom. The van der Waals surface area contributed by atoms with Crippen LogP contribution in [0.1, 0.15) is 90.0 Å². The third-order valence-corrected chi connectivity index (χ3v) is 4.86. The van der Waals surface area contributed by atoms with E-state index in [4.69, 9.17) is 0 Å². The minimum Gasteiger partial charge on any atom is -0.412 e. The lowest BCUT2D eigenvalue weighted by molar-refractivity contribution is 0.267. The van der Waals surface area contributed by atoms with Gasteiger partial charge in [-0.15, -0.1) is 0 Å². The van der Waals surface area contributed by atoms with E-state index < -0.39 is 0 Å². The van der Waals surface area contributed by atoms with E-state index in [0.29, 0.717) is 0 Å². The molecule has 146 valence electrons. The molecule has 0 amide bonds. The Kier molecular flexibility index (Phi) is 17.3. The first-order chi connectivity index (χ1) is 11.9. The second kappa shape index (κ2) is 17.9. The van der Waals surface area contributed by atoms with Gasteiger partial charge in [0.1, 0.15) is 0 Å². The Labute approximate surface area is 157 Å². The number of hydrogen-bond acceptors (Lipinski definition) is 1. The smallest absolute Gasteiger partial charge is 0.00187 e. The zero-order chi connectivity index (χ0) is 17.3. The molecule has 0 saturated heterocycles. The second-order valence-corrected chi connectivity index (χ2v) is 7.26. The molecule has 0 saturated carbocycles. The predicted molar refractivity (Wildman–Crippen MR) is 112 cm³/mol. The van der Waals surface area contributed by atoms with Gasteiger partial charge in [0.05, 0.1) is 0 Å². The van der Waals surface area contributed by atoms with Crippen LogP contribution in [0.3, 0.4) is 0 Å². The molecule has 0 spiro atoms. The molecule has 0 aliphatic carbocycles. The molecule has 2 N–H and O–H groups in total. The summed E-state index contributed by atoms with van der Waals surface area (Å²) < 4.78 is 0. The average Bonchev–Trinajstić information content (AvgIpc) is 2.61. The molecule has 0 bridgehead atoms. The highest BCUT2D eigenvalue weighted by molar-refractivity contribution is 5.14. The molecular formula is C23H43NO. The van der Waals surface area contributed by atoms with Crippen LogP contribution in [-0.4, -0.2) is 30.0 Å². The molecule has 1 aromatic rings.